The van der Waals surface area contributed by atoms with Crippen molar-refractivity contribution in [2.75, 3.05) is 13.1 Å². The van der Waals surface area contributed by atoms with Gasteiger partial charge in [0.2, 0.25) is 0 Å². The zero-order chi connectivity index (χ0) is 21.9. The lowest BCUT2D eigenvalue weighted by Gasteiger charge is -2.32. The van der Waals surface area contributed by atoms with Gasteiger partial charge in [-0.05, 0) is 78.0 Å². The smallest absolute Gasteiger partial charge is 0.444 e. The fraction of sp³-hybridized carbons (Fsp3) is 0.591. The Morgan fingerprint density at radius 3 is 2.31 bits per heavy atom. The normalized spacial score (nSPS) is 18.6. The van der Waals surface area contributed by atoms with Crippen molar-refractivity contribution in [3.63, 3.8) is 0 Å². The van der Waals surface area contributed by atoms with Crippen molar-refractivity contribution in [1.82, 2.24) is 5.32 Å². The summed E-state index contributed by atoms with van der Waals surface area (Å²) < 4.78 is 17.8. The number of hydrogen-bond acceptors (Lipinski definition) is 5. The predicted molar refractivity (Wildman–Crippen MR) is 117 cm³/mol. The Kier molecular flexibility index (Phi) is 7.20. The number of rotatable bonds is 6. The molecule has 0 unspecified atom stereocenters. The molecular formula is C22H35BN2O4. The Morgan fingerprint density at radius 1 is 1.17 bits per heavy atom. The van der Waals surface area contributed by atoms with Gasteiger partial charge in [-0.3, -0.25) is 0 Å². The van der Waals surface area contributed by atoms with Crippen LogP contribution in [0.4, 0.5) is 4.79 Å². The standard InChI is InChI=1S/C22H35BN2O4/c1-20(2,3)27-19(26)25-15-18(23-28-21(4,5)22(6,7)29-23)14-17-11-9-8-10-16(17)12-13-24/h8-11,14H,12-13,15,24H2,1-7H3,(H,25,26). The largest absolute Gasteiger partial charge is 0.492 e. The van der Waals surface area contributed by atoms with E-state index >= 15 is 0 Å². The number of ether oxygens (including phenoxy) is 1. The Morgan fingerprint density at radius 2 is 1.76 bits per heavy atom. The van der Waals surface area contributed by atoms with Crippen molar-refractivity contribution in [2.45, 2.75) is 71.7 Å². The highest BCUT2D eigenvalue weighted by atomic mass is 16.7. The van der Waals surface area contributed by atoms with E-state index in [1.165, 1.54) is 0 Å². The maximum Gasteiger partial charge on any atom is 0.492 e. The first-order valence-electron chi connectivity index (χ1n) is 10.2. The molecule has 3 N–H and O–H groups in total. The highest BCUT2D eigenvalue weighted by Gasteiger charge is 2.52. The minimum Gasteiger partial charge on any atom is -0.444 e. The van der Waals surface area contributed by atoms with E-state index < -0.39 is 30.0 Å². The van der Waals surface area contributed by atoms with E-state index in [2.05, 4.69) is 11.4 Å². The van der Waals surface area contributed by atoms with Crippen LogP contribution in [0.2, 0.25) is 0 Å². The van der Waals surface area contributed by atoms with Gasteiger partial charge in [0.1, 0.15) is 5.60 Å². The lowest BCUT2D eigenvalue weighted by atomic mass is 9.76. The summed E-state index contributed by atoms with van der Waals surface area (Å²) >= 11 is 0. The maximum atomic E-state index is 12.2. The van der Waals surface area contributed by atoms with Crippen molar-refractivity contribution >= 4 is 19.3 Å². The molecule has 1 aromatic rings. The number of alkyl carbamates (subject to hydrolysis) is 1. The number of nitrogens with one attached hydrogen (secondary N) is 1. The van der Waals surface area contributed by atoms with Crippen molar-refractivity contribution in [3.8, 4) is 0 Å². The van der Waals surface area contributed by atoms with Crippen LogP contribution in [-0.4, -0.2) is 43.1 Å². The van der Waals surface area contributed by atoms with Crippen LogP contribution in [0.3, 0.4) is 0 Å². The van der Waals surface area contributed by atoms with Crippen molar-refractivity contribution in [1.29, 1.82) is 0 Å². The summed E-state index contributed by atoms with van der Waals surface area (Å²) in [5.74, 6) is 0. The van der Waals surface area contributed by atoms with Gasteiger partial charge in [0.05, 0.1) is 11.2 Å². The lowest BCUT2D eigenvalue weighted by Crippen LogP contribution is -2.41. The Hall–Kier alpha value is -1.83. The second-order valence-corrected chi connectivity index (χ2v) is 9.40. The molecule has 1 aliphatic heterocycles. The summed E-state index contributed by atoms with van der Waals surface area (Å²) in [6.45, 7) is 14.3. The highest BCUT2D eigenvalue weighted by molar-refractivity contribution is 6.56. The summed E-state index contributed by atoms with van der Waals surface area (Å²) in [4.78, 5) is 12.2. The number of hydrogen-bond donors (Lipinski definition) is 2. The van der Waals surface area contributed by atoms with Crippen LogP contribution in [0.15, 0.2) is 29.7 Å². The van der Waals surface area contributed by atoms with Gasteiger partial charge in [-0.25, -0.2) is 4.79 Å². The molecule has 0 saturated carbocycles. The van der Waals surface area contributed by atoms with Crippen LogP contribution in [-0.2, 0) is 20.5 Å². The summed E-state index contributed by atoms with van der Waals surface area (Å²) in [6, 6.07) is 8.07. The molecule has 1 amide bonds. The van der Waals surface area contributed by atoms with Gasteiger partial charge in [-0.2, -0.15) is 0 Å². The average Bonchev–Trinajstić information content (AvgIpc) is 2.79. The third-order valence-electron chi connectivity index (χ3n) is 5.20. The van der Waals surface area contributed by atoms with E-state index in [4.69, 9.17) is 19.8 Å². The van der Waals surface area contributed by atoms with E-state index in [1.54, 1.807) is 0 Å². The molecule has 160 valence electrons. The van der Waals surface area contributed by atoms with E-state index in [-0.39, 0.29) is 6.54 Å². The monoisotopic (exact) mass is 402 g/mol. The molecular weight excluding hydrogens is 367 g/mol. The summed E-state index contributed by atoms with van der Waals surface area (Å²) in [7, 11) is -0.569. The number of carbonyl (C=O) groups is 1. The molecule has 1 fully saturated rings. The fourth-order valence-corrected chi connectivity index (χ4v) is 2.94. The zero-order valence-corrected chi connectivity index (χ0v) is 18.8. The Bertz CT molecular complexity index is 737. The van der Waals surface area contributed by atoms with Crippen molar-refractivity contribution in [2.24, 2.45) is 5.73 Å². The average molecular weight is 402 g/mol. The summed E-state index contributed by atoms with van der Waals surface area (Å²) in [6.07, 6.45) is 2.31. The molecule has 0 spiro atoms. The second kappa shape index (κ2) is 8.90. The van der Waals surface area contributed by atoms with Gasteiger partial charge >= 0.3 is 13.2 Å². The van der Waals surface area contributed by atoms with Crippen LogP contribution in [0.1, 0.15) is 59.6 Å². The van der Waals surface area contributed by atoms with Crippen molar-refractivity contribution in [3.05, 3.63) is 40.9 Å². The summed E-state index contributed by atoms with van der Waals surface area (Å²) in [5.41, 5.74) is 7.25. The molecule has 1 aromatic carbocycles. The number of carbonyl (C=O) groups excluding carboxylic acids is 1. The molecule has 0 aromatic heterocycles. The fourth-order valence-electron chi connectivity index (χ4n) is 2.94. The molecule has 0 aliphatic carbocycles. The van der Waals surface area contributed by atoms with Gasteiger partial charge in [0.25, 0.3) is 0 Å². The number of amides is 1. The maximum absolute atomic E-state index is 12.2. The van der Waals surface area contributed by atoms with Gasteiger partial charge in [-0.1, -0.05) is 30.3 Å². The third-order valence-corrected chi connectivity index (χ3v) is 5.20. The van der Waals surface area contributed by atoms with Gasteiger partial charge in [0, 0.05) is 6.54 Å². The molecule has 1 aliphatic rings. The van der Waals surface area contributed by atoms with E-state index in [9.17, 15) is 4.79 Å². The molecule has 0 atom stereocenters. The van der Waals surface area contributed by atoms with Crippen molar-refractivity contribution < 1.29 is 18.8 Å². The topological polar surface area (TPSA) is 82.8 Å². The molecule has 6 nitrogen and oxygen atoms in total. The predicted octanol–water partition coefficient (Wildman–Crippen LogP) is 3.73. The minimum atomic E-state index is -0.569. The molecule has 0 bridgehead atoms. The molecule has 2 rings (SSSR count). The second-order valence-electron chi connectivity index (χ2n) is 9.40. The number of nitrogens with two attached hydrogens (primary N) is 1. The molecule has 1 saturated heterocycles. The zero-order valence-electron chi connectivity index (χ0n) is 18.8. The minimum absolute atomic E-state index is 0.253. The molecule has 29 heavy (non-hydrogen) atoms. The first-order valence-corrected chi connectivity index (χ1v) is 10.2. The van der Waals surface area contributed by atoms with Crippen LogP contribution < -0.4 is 11.1 Å². The molecule has 1 heterocycles. The summed E-state index contributed by atoms with van der Waals surface area (Å²) in [5, 5.41) is 2.83. The first kappa shape index (κ1) is 23.5. The van der Waals surface area contributed by atoms with Crippen LogP contribution in [0, 0.1) is 0 Å². The van der Waals surface area contributed by atoms with Gasteiger partial charge in [-0.15, -0.1) is 0 Å². The van der Waals surface area contributed by atoms with E-state index in [1.807, 2.05) is 72.7 Å². The molecule has 7 heteroatoms. The van der Waals surface area contributed by atoms with Crippen LogP contribution in [0.25, 0.3) is 6.08 Å². The van der Waals surface area contributed by atoms with Gasteiger partial charge in [0.15, 0.2) is 0 Å². The van der Waals surface area contributed by atoms with Crippen LogP contribution >= 0.6 is 0 Å². The SMILES string of the molecule is CC(C)(C)OC(=O)NCC(=Cc1ccccc1CCN)B1OC(C)(C)C(C)(C)O1. The first-order chi connectivity index (χ1) is 13.3. The van der Waals surface area contributed by atoms with E-state index in [0.29, 0.717) is 6.54 Å². The quantitative estimate of drug-likeness (QED) is 0.709. The third kappa shape index (κ3) is 6.33. The number of benzene rings is 1. The highest BCUT2D eigenvalue weighted by Crippen LogP contribution is 2.38. The molecule has 0 radical (unpaired) electrons. The van der Waals surface area contributed by atoms with Crippen LogP contribution in [0.5, 0.6) is 0 Å². The van der Waals surface area contributed by atoms with Gasteiger partial charge < -0.3 is 25.1 Å². The lowest BCUT2D eigenvalue weighted by molar-refractivity contribution is 0.00578. The Balaban J connectivity index is 2.30. The Labute approximate surface area is 175 Å². The van der Waals surface area contributed by atoms with E-state index in [0.717, 1.165) is 23.0 Å².